The molecule has 2 aromatic rings. The van der Waals surface area contributed by atoms with E-state index in [9.17, 15) is 0 Å². The molecule has 1 aliphatic heterocycles. The standard InChI is InChI=1S/C15H21N5S/c1-12-6-8-13(9-7-12)20-15(16-17-18-20)19-10-4-3-5-14(11-19)21-2/h6-9,14H,3-5,10-11H2,1-2H3. The first-order chi connectivity index (χ1) is 10.3. The molecule has 0 spiro atoms. The summed E-state index contributed by atoms with van der Waals surface area (Å²) in [5.74, 6) is 0.861. The Kier molecular flexibility index (Phi) is 4.43. The van der Waals surface area contributed by atoms with Gasteiger partial charge < -0.3 is 4.90 Å². The SMILES string of the molecule is CSC1CCCCN(c2nnnn2-c2ccc(C)cc2)C1. The van der Waals surface area contributed by atoms with Crippen molar-refractivity contribution >= 4 is 17.7 Å². The van der Waals surface area contributed by atoms with Crippen molar-refractivity contribution in [3.05, 3.63) is 29.8 Å². The number of thioether (sulfide) groups is 1. The van der Waals surface area contributed by atoms with Crippen LogP contribution in [0, 0.1) is 6.92 Å². The monoisotopic (exact) mass is 303 g/mol. The molecule has 0 saturated carbocycles. The highest BCUT2D eigenvalue weighted by atomic mass is 32.2. The minimum atomic E-state index is 0.663. The summed E-state index contributed by atoms with van der Waals surface area (Å²) in [5.41, 5.74) is 2.26. The number of benzene rings is 1. The Morgan fingerprint density at radius 1 is 1.19 bits per heavy atom. The molecule has 1 unspecified atom stereocenters. The Morgan fingerprint density at radius 2 is 2.00 bits per heavy atom. The summed E-state index contributed by atoms with van der Waals surface area (Å²) in [4.78, 5) is 2.33. The summed E-state index contributed by atoms with van der Waals surface area (Å²) in [5, 5.41) is 13.0. The van der Waals surface area contributed by atoms with E-state index in [0.717, 1.165) is 24.7 Å². The maximum absolute atomic E-state index is 4.27. The Bertz CT molecular complexity index is 580. The van der Waals surface area contributed by atoms with Gasteiger partial charge in [0.15, 0.2) is 0 Å². The van der Waals surface area contributed by atoms with Crippen LogP contribution in [0.25, 0.3) is 5.69 Å². The van der Waals surface area contributed by atoms with E-state index < -0.39 is 0 Å². The first-order valence-corrected chi connectivity index (χ1v) is 8.70. The molecular weight excluding hydrogens is 282 g/mol. The van der Waals surface area contributed by atoms with Crippen molar-refractivity contribution in [2.75, 3.05) is 24.2 Å². The van der Waals surface area contributed by atoms with Gasteiger partial charge in [0.2, 0.25) is 5.95 Å². The van der Waals surface area contributed by atoms with Crippen molar-refractivity contribution in [3.8, 4) is 5.69 Å². The summed E-state index contributed by atoms with van der Waals surface area (Å²) in [6.07, 6.45) is 5.97. The molecule has 1 aromatic carbocycles. The molecule has 0 bridgehead atoms. The number of aromatic nitrogens is 4. The highest BCUT2D eigenvalue weighted by molar-refractivity contribution is 7.99. The van der Waals surface area contributed by atoms with Gasteiger partial charge in [-0.1, -0.05) is 29.2 Å². The van der Waals surface area contributed by atoms with Crippen LogP contribution in [-0.4, -0.2) is 44.8 Å². The zero-order valence-electron chi connectivity index (χ0n) is 12.6. The molecule has 1 atom stereocenters. The average Bonchev–Trinajstić information content (AvgIpc) is 2.86. The molecule has 0 amide bonds. The smallest absolute Gasteiger partial charge is 0.250 e. The lowest BCUT2D eigenvalue weighted by Crippen LogP contribution is -2.31. The van der Waals surface area contributed by atoms with Gasteiger partial charge in [-0.15, -0.1) is 0 Å². The Hall–Kier alpha value is -1.56. The maximum atomic E-state index is 4.27. The zero-order valence-corrected chi connectivity index (χ0v) is 13.4. The molecule has 1 aromatic heterocycles. The molecule has 2 heterocycles. The number of nitrogens with zero attached hydrogens (tertiary/aromatic N) is 5. The normalized spacial score (nSPS) is 19.5. The molecule has 112 valence electrons. The van der Waals surface area contributed by atoms with Crippen LogP contribution in [0.4, 0.5) is 5.95 Å². The lowest BCUT2D eigenvalue weighted by atomic mass is 10.2. The summed E-state index contributed by atoms with van der Waals surface area (Å²) < 4.78 is 1.85. The second-order valence-electron chi connectivity index (χ2n) is 5.53. The molecule has 3 rings (SSSR count). The number of anilines is 1. The van der Waals surface area contributed by atoms with Gasteiger partial charge in [0.25, 0.3) is 0 Å². The first kappa shape index (κ1) is 14.4. The number of aryl methyl sites for hydroxylation is 1. The minimum Gasteiger partial charge on any atom is -0.338 e. The largest absolute Gasteiger partial charge is 0.338 e. The second-order valence-corrected chi connectivity index (χ2v) is 6.66. The van der Waals surface area contributed by atoms with E-state index in [1.165, 1.54) is 24.8 Å². The van der Waals surface area contributed by atoms with Gasteiger partial charge in [0.05, 0.1) is 5.69 Å². The van der Waals surface area contributed by atoms with E-state index >= 15 is 0 Å². The minimum absolute atomic E-state index is 0.663. The van der Waals surface area contributed by atoms with E-state index in [0.29, 0.717) is 5.25 Å². The van der Waals surface area contributed by atoms with Crippen LogP contribution in [0.15, 0.2) is 24.3 Å². The number of hydrogen-bond acceptors (Lipinski definition) is 5. The molecule has 1 aliphatic rings. The van der Waals surface area contributed by atoms with Crippen LogP contribution in [0.5, 0.6) is 0 Å². The third kappa shape index (κ3) is 3.20. The van der Waals surface area contributed by atoms with E-state index in [4.69, 9.17) is 0 Å². The zero-order chi connectivity index (χ0) is 14.7. The van der Waals surface area contributed by atoms with Gasteiger partial charge >= 0.3 is 0 Å². The molecule has 1 saturated heterocycles. The topological polar surface area (TPSA) is 46.8 Å². The summed E-state index contributed by atoms with van der Waals surface area (Å²) in [7, 11) is 0. The quantitative estimate of drug-likeness (QED) is 0.872. The fourth-order valence-corrected chi connectivity index (χ4v) is 3.44. The van der Waals surface area contributed by atoms with Gasteiger partial charge in [0.1, 0.15) is 0 Å². The third-order valence-electron chi connectivity index (χ3n) is 3.98. The highest BCUT2D eigenvalue weighted by Gasteiger charge is 2.22. The van der Waals surface area contributed by atoms with Crippen LogP contribution < -0.4 is 4.90 Å². The molecular formula is C15H21N5S. The van der Waals surface area contributed by atoms with Crippen LogP contribution in [-0.2, 0) is 0 Å². The number of rotatable bonds is 3. The number of tetrazole rings is 1. The van der Waals surface area contributed by atoms with Crippen molar-refractivity contribution in [2.45, 2.75) is 31.4 Å². The van der Waals surface area contributed by atoms with Crippen molar-refractivity contribution in [1.29, 1.82) is 0 Å². The summed E-state index contributed by atoms with van der Waals surface area (Å²) in [6, 6.07) is 8.32. The highest BCUT2D eigenvalue weighted by Crippen LogP contribution is 2.24. The second kappa shape index (κ2) is 6.47. The van der Waals surface area contributed by atoms with Gasteiger partial charge in [-0.05, 0) is 48.6 Å². The van der Waals surface area contributed by atoms with E-state index in [-0.39, 0.29) is 0 Å². The lowest BCUT2D eigenvalue weighted by molar-refractivity contribution is 0.729. The third-order valence-corrected chi connectivity index (χ3v) is 5.03. The first-order valence-electron chi connectivity index (χ1n) is 7.41. The average molecular weight is 303 g/mol. The van der Waals surface area contributed by atoms with Crippen LogP contribution in [0.2, 0.25) is 0 Å². The van der Waals surface area contributed by atoms with Crippen molar-refractivity contribution in [3.63, 3.8) is 0 Å². The predicted molar refractivity (Wildman–Crippen MR) is 87.3 cm³/mol. The fraction of sp³-hybridized carbons (Fsp3) is 0.533. The Morgan fingerprint density at radius 3 is 2.76 bits per heavy atom. The van der Waals surface area contributed by atoms with E-state index in [1.54, 1.807) is 0 Å². The Balaban J connectivity index is 1.89. The van der Waals surface area contributed by atoms with Crippen LogP contribution in [0.1, 0.15) is 24.8 Å². The maximum Gasteiger partial charge on any atom is 0.250 e. The molecule has 6 heteroatoms. The van der Waals surface area contributed by atoms with Crippen molar-refractivity contribution in [2.24, 2.45) is 0 Å². The summed E-state index contributed by atoms with van der Waals surface area (Å²) in [6.45, 7) is 4.14. The van der Waals surface area contributed by atoms with Gasteiger partial charge in [-0.2, -0.15) is 16.4 Å². The lowest BCUT2D eigenvalue weighted by Gasteiger charge is -2.23. The molecule has 0 radical (unpaired) electrons. The van der Waals surface area contributed by atoms with Gasteiger partial charge in [0, 0.05) is 18.3 Å². The van der Waals surface area contributed by atoms with Gasteiger partial charge in [-0.3, -0.25) is 0 Å². The molecule has 1 fully saturated rings. The summed E-state index contributed by atoms with van der Waals surface area (Å²) >= 11 is 1.94. The molecule has 21 heavy (non-hydrogen) atoms. The predicted octanol–water partition coefficient (Wildman–Crippen LogP) is 2.69. The molecule has 0 N–H and O–H groups in total. The number of hydrogen-bond donors (Lipinski definition) is 0. The van der Waals surface area contributed by atoms with E-state index in [1.807, 2.05) is 16.4 Å². The van der Waals surface area contributed by atoms with Crippen molar-refractivity contribution < 1.29 is 0 Å². The van der Waals surface area contributed by atoms with Gasteiger partial charge in [-0.25, -0.2) is 0 Å². The van der Waals surface area contributed by atoms with Crippen LogP contribution >= 0.6 is 11.8 Å². The van der Waals surface area contributed by atoms with Crippen molar-refractivity contribution in [1.82, 2.24) is 20.2 Å². The molecule has 5 nitrogen and oxygen atoms in total. The fourth-order valence-electron chi connectivity index (χ4n) is 2.71. The van der Waals surface area contributed by atoms with E-state index in [2.05, 4.69) is 57.9 Å². The Labute approximate surface area is 129 Å². The van der Waals surface area contributed by atoms with Crippen LogP contribution in [0.3, 0.4) is 0 Å². The molecule has 0 aliphatic carbocycles.